The highest BCUT2D eigenvalue weighted by Crippen LogP contribution is 2.34. The van der Waals surface area contributed by atoms with E-state index in [1.807, 2.05) is 24.0 Å². The number of fused-ring (bicyclic) bond motifs is 1. The molecule has 0 aliphatic carbocycles. The van der Waals surface area contributed by atoms with Crippen molar-refractivity contribution in [1.82, 2.24) is 9.88 Å². The molecular formula is C24H30ClN3OS2. The van der Waals surface area contributed by atoms with E-state index < -0.39 is 0 Å². The smallest absolute Gasteiger partial charge is 0.229 e. The van der Waals surface area contributed by atoms with E-state index in [1.165, 1.54) is 10.5 Å². The molecule has 7 heteroatoms. The average Bonchev–Trinajstić information content (AvgIpc) is 3.20. The van der Waals surface area contributed by atoms with Gasteiger partial charge in [-0.2, -0.15) is 0 Å². The Morgan fingerprint density at radius 2 is 1.77 bits per heavy atom. The Balaban J connectivity index is 1.76. The molecule has 1 heterocycles. The van der Waals surface area contributed by atoms with Gasteiger partial charge < -0.3 is 4.90 Å². The minimum atomic E-state index is 0.120. The quantitative estimate of drug-likeness (QED) is 0.317. The van der Waals surface area contributed by atoms with Gasteiger partial charge in [0, 0.05) is 35.2 Å². The molecule has 2 aromatic carbocycles. The van der Waals surface area contributed by atoms with Gasteiger partial charge in [0.15, 0.2) is 5.13 Å². The third-order valence-corrected chi connectivity index (χ3v) is 7.88. The molecule has 0 atom stereocenters. The number of likely N-dealkylation sites (N-methyl/N-ethyl adjacent to an activating group) is 1. The number of carbonyl (C=O) groups is 1. The maximum Gasteiger partial charge on any atom is 0.229 e. The Bertz CT molecular complexity index is 1020. The third kappa shape index (κ3) is 6.22. The molecule has 0 saturated carbocycles. The lowest BCUT2D eigenvalue weighted by molar-refractivity contribution is -0.118. The zero-order valence-electron chi connectivity index (χ0n) is 18.7. The van der Waals surface area contributed by atoms with Gasteiger partial charge in [0.1, 0.15) is 0 Å². The van der Waals surface area contributed by atoms with Gasteiger partial charge >= 0.3 is 0 Å². The van der Waals surface area contributed by atoms with E-state index in [0.29, 0.717) is 18.0 Å². The molecule has 0 fully saturated rings. The van der Waals surface area contributed by atoms with Crippen LogP contribution in [0.15, 0.2) is 41.3 Å². The number of amides is 1. The molecule has 1 amide bonds. The number of carbonyl (C=O) groups excluding carboxylic acids is 1. The average molecular weight is 476 g/mol. The van der Waals surface area contributed by atoms with Crippen LogP contribution in [0.3, 0.4) is 0 Å². The summed E-state index contributed by atoms with van der Waals surface area (Å²) in [7, 11) is 0. The van der Waals surface area contributed by atoms with Gasteiger partial charge in [-0.15, -0.1) is 11.8 Å². The highest BCUT2D eigenvalue weighted by Gasteiger charge is 2.21. The van der Waals surface area contributed by atoms with Crippen LogP contribution in [0.25, 0.3) is 10.2 Å². The van der Waals surface area contributed by atoms with Crippen molar-refractivity contribution in [3.8, 4) is 0 Å². The van der Waals surface area contributed by atoms with Crippen LogP contribution in [0.1, 0.15) is 31.4 Å². The highest BCUT2D eigenvalue weighted by atomic mass is 35.5. The molecule has 0 bridgehead atoms. The zero-order chi connectivity index (χ0) is 22.4. The SMILES string of the molecule is CCN(CC)CCN(C(=O)CCSc1ccc(C)cc1)c1nc2c(C)c(Cl)ccc2s1. The number of aryl methyl sites for hydroxylation is 2. The fourth-order valence-corrected chi connectivity index (χ4v) is 5.40. The van der Waals surface area contributed by atoms with Crippen molar-refractivity contribution >= 4 is 56.0 Å². The Kier molecular flexibility index (Phi) is 8.78. The van der Waals surface area contributed by atoms with Crippen molar-refractivity contribution in [2.75, 3.05) is 36.8 Å². The number of aromatic nitrogens is 1. The lowest BCUT2D eigenvalue weighted by Crippen LogP contribution is -2.39. The lowest BCUT2D eigenvalue weighted by Gasteiger charge is -2.24. The summed E-state index contributed by atoms with van der Waals surface area (Å²) in [4.78, 5) is 23.4. The molecule has 0 aliphatic heterocycles. The van der Waals surface area contributed by atoms with Crippen LogP contribution in [0, 0.1) is 13.8 Å². The van der Waals surface area contributed by atoms with E-state index in [1.54, 1.807) is 23.1 Å². The van der Waals surface area contributed by atoms with Crippen molar-refractivity contribution in [3.63, 3.8) is 0 Å². The second-order valence-electron chi connectivity index (χ2n) is 7.50. The van der Waals surface area contributed by atoms with E-state index in [2.05, 4.69) is 49.9 Å². The zero-order valence-corrected chi connectivity index (χ0v) is 21.0. The molecule has 4 nitrogen and oxygen atoms in total. The van der Waals surface area contributed by atoms with Crippen LogP contribution in [0.4, 0.5) is 5.13 Å². The van der Waals surface area contributed by atoms with Crippen LogP contribution in [0.2, 0.25) is 5.02 Å². The molecular weight excluding hydrogens is 446 g/mol. The number of benzene rings is 2. The first kappa shape index (κ1) is 24.1. The Morgan fingerprint density at radius 3 is 2.45 bits per heavy atom. The van der Waals surface area contributed by atoms with Gasteiger partial charge in [0.25, 0.3) is 0 Å². The summed E-state index contributed by atoms with van der Waals surface area (Å²) in [6.07, 6.45) is 0.479. The molecule has 0 unspecified atom stereocenters. The first-order valence-electron chi connectivity index (χ1n) is 10.7. The summed E-state index contributed by atoms with van der Waals surface area (Å²) >= 11 is 9.58. The largest absolute Gasteiger partial charge is 0.302 e. The van der Waals surface area contributed by atoms with Crippen molar-refractivity contribution < 1.29 is 4.79 Å². The van der Waals surface area contributed by atoms with Gasteiger partial charge in [0.05, 0.1) is 10.2 Å². The van der Waals surface area contributed by atoms with Gasteiger partial charge in [-0.05, 0) is 56.8 Å². The third-order valence-electron chi connectivity index (χ3n) is 5.41. The molecule has 0 N–H and O–H groups in total. The Hall–Kier alpha value is -1.60. The maximum absolute atomic E-state index is 13.2. The molecule has 166 valence electrons. The summed E-state index contributed by atoms with van der Waals surface area (Å²) in [6, 6.07) is 12.3. The summed E-state index contributed by atoms with van der Waals surface area (Å²) in [6.45, 7) is 11.8. The van der Waals surface area contributed by atoms with E-state index >= 15 is 0 Å². The number of thiazole rings is 1. The van der Waals surface area contributed by atoms with Crippen LogP contribution >= 0.6 is 34.7 Å². The number of thioether (sulfide) groups is 1. The van der Waals surface area contributed by atoms with Gasteiger partial charge in [-0.3, -0.25) is 9.69 Å². The van der Waals surface area contributed by atoms with E-state index in [4.69, 9.17) is 16.6 Å². The van der Waals surface area contributed by atoms with Crippen molar-refractivity contribution in [3.05, 3.63) is 52.5 Å². The second kappa shape index (κ2) is 11.3. The predicted molar refractivity (Wildman–Crippen MR) is 136 cm³/mol. The number of anilines is 1. The lowest BCUT2D eigenvalue weighted by atomic mass is 10.2. The van der Waals surface area contributed by atoms with Crippen molar-refractivity contribution in [1.29, 1.82) is 0 Å². The first-order valence-corrected chi connectivity index (χ1v) is 12.9. The summed E-state index contributed by atoms with van der Waals surface area (Å²) < 4.78 is 1.06. The fraction of sp³-hybridized carbons (Fsp3) is 0.417. The fourth-order valence-electron chi connectivity index (χ4n) is 3.34. The van der Waals surface area contributed by atoms with E-state index in [9.17, 15) is 4.79 Å². The predicted octanol–water partition coefficient (Wildman–Crippen LogP) is 6.42. The number of hydrogen-bond donors (Lipinski definition) is 0. The van der Waals surface area contributed by atoms with Crippen molar-refractivity contribution in [2.45, 2.75) is 39.0 Å². The molecule has 0 saturated heterocycles. The van der Waals surface area contributed by atoms with Gasteiger partial charge in [-0.1, -0.05) is 54.5 Å². The molecule has 0 spiro atoms. The van der Waals surface area contributed by atoms with Gasteiger partial charge in [0.2, 0.25) is 5.91 Å². The molecule has 3 aromatic rings. The monoisotopic (exact) mass is 475 g/mol. The maximum atomic E-state index is 13.2. The minimum absolute atomic E-state index is 0.120. The number of rotatable bonds is 10. The summed E-state index contributed by atoms with van der Waals surface area (Å²) in [5.74, 6) is 0.869. The van der Waals surface area contributed by atoms with E-state index in [0.717, 1.165) is 46.3 Å². The summed E-state index contributed by atoms with van der Waals surface area (Å²) in [5, 5.41) is 1.47. The summed E-state index contributed by atoms with van der Waals surface area (Å²) in [5.41, 5.74) is 3.10. The second-order valence-corrected chi connectivity index (χ2v) is 10.1. The Morgan fingerprint density at radius 1 is 1.06 bits per heavy atom. The van der Waals surface area contributed by atoms with Crippen molar-refractivity contribution in [2.24, 2.45) is 0 Å². The van der Waals surface area contributed by atoms with Crippen LogP contribution in [-0.4, -0.2) is 47.7 Å². The Labute approximate surface area is 198 Å². The number of halogens is 1. The van der Waals surface area contributed by atoms with Gasteiger partial charge in [-0.25, -0.2) is 4.98 Å². The number of nitrogens with zero attached hydrogens (tertiary/aromatic N) is 3. The molecule has 1 aromatic heterocycles. The molecule has 3 rings (SSSR count). The van der Waals surface area contributed by atoms with E-state index in [-0.39, 0.29) is 5.91 Å². The van der Waals surface area contributed by atoms with Crippen LogP contribution in [-0.2, 0) is 4.79 Å². The minimum Gasteiger partial charge on any atom is -0.302 e. The standard InChI is InChI=1S/C24H30ClN3OS2/c1-5-27(6-2)14-15-28(22(29)13-16-30-19-9-7-17(3)8-10-19)24-26-23-18(4)20(25)11-12-21(23)31-24/h7-12H,5-6,13-16H2,1-4H3. The highest BCUT2D eigenvalue weighted by molar-refractivity contribution is 7.99. The molecule has 31 heavy (non-hydrogen) atoms. The van der Waals surface area contributed by atoms with Crippen LogP contribution < -0.4 is 4.90 Å². The first-order chi connectivity index (χ1) is 14.9. The molecule has 0 aliphatic rings. The van der Waals surface area contributed by atoms with Crippen LogP contribution in [0.5, 0.6) is 0 Å². The molecule has 0 radical (unpaired) electrons. The topological polar surface area (TPSA) is 36.4 Å². The number of hydrogen-bond acceptors (Lipinski definition) is 5. The normalized spacial score (nSPS) is 11.4.